The second-order valence-electron chi connectivity index (χ2n) is 11.9. The summed E-state index contributed by atoms with van der Waals surface area (Å²) in [6.45, 7) is 11.9. The Labute approximate surface area is 221 Å². The lowest BCUT2D eigenvalue weighted by Gasteiger charge is -2.54. The van der Waals surface area contributed by atoms with E-state index in [1.54, 1.807) is 0 Å². The first kappa shape index (κ1) is 25.9. The molecular formula is C31H41NO5. The molecule has 0 aliphatic carbocycles. The number of rotatable bonds is 5. The van der Waals surface area contributed by atoms with Crippen molar-refractivity contribution in [1.82, 2.24) is 4.90 Å². The number of likely N-dealkylation sites (tertiary alicyclic amines) is 1. The number of nitrogens with zero attached hydrogens (tertiary/aromatic N) is 1. The molecule has 5 atom stereocenters. The Morgan fingerprint density at radius 2 is 1.92 bits per heavy atom. The van der Waals surface area contributed by atoms with Gasteiger partial charge in [0.25, 0.3) is 0 Å². The third-order valence-electron chi connectivity index (χ3n) is 8.05. The molecule has 2 saturated heterocycles. The van der Waals surface area contributed by atoms with Crippen LogP contribution >= 0.6 is 0 Å². The quantitative estimate of drug-likeness (QED) is 0.458. The molecule has 0 radical (unpaired) electrons. The zero-order valence-corrected chi connectivity index (χ0v) is 22.9. The summed E-state index contributed by atoms with van der Waals surface area (Å²) in [4.78, 5) is 14.7. The van der Waals surface area contributed by atoms with E-state index in [0.29, 0.717) is 19.7 Å². The Hall–Kier alpha value is -2.73. The molecule has 0 saturated carbocycles. The summed E-state index contributed by atoms with van der Waals surface area (Å²) in [5.41, 5.74) is 1.45. The van der Waals surface area contributed by atoms with E-state index in [4.69, 9.17) is 18.9 Å². The minimum absolute atomic E-state index is 0.0562. The van der Waals surface area contributed by atoms with Crippen LogP contribution in [-0.2, 0) is 15.9 Å². The van der Waals surface area contributed by atoms with Gasteiger partial charge in [0.2, 0.25) is 0 Å². The minimum Gasteiger partial charge on any atom is -0.490 e. The molecule has 2 aromatic carbocycles. The van der Waals surface area contributed by atoms with Crippen LogP contribution in [-0.4, -0.2) is 48.0 Å². The van der Waals surface area contributed by atoms with Gasteiger partial charge in [-0.25, -0.2) is 4.79 Å². The first-order chi connectivity index (χ1) is 17.7. The lowest BCUT2D eigenvalue weighted by atomic mass is 9.68. The normalized spacial score (nSPS) is 28.8. The summed E-state index contributed by atoms with van der Waals surface area (Å²) in [5.74, 6) is 2.03. The zero-order chi connectivity index (χ0) is 26.2. The van der Waals surface area contributed by atoms with Gasteiger partial charge < -0.3 is 23.8 Å². The summed E-state index contributed by atoms with van der Waals surface area (Å²) in [5, 5.41) is 0. The number of aryl methyl sites for hydroxylation is 1. The molecule has 0 spiro atoms. The van der Waals surface area contributed by atoms with E-state index in [1.807, 2.05) is 44.7 Å². The molecule has 0 bridgehead atoms. The van der Waals surface area contributed by atoms with Crippen molar-refractivity contribution in [2.75, 3.05) is 19.7 Å². The van der Waals surface area contributed by atoms with Gasteiger partial charge in [0.05, 0.1) is 18.8 Å². The van der Waals surface area contributed by atoms with E-state index in [-0.39, 0.29) is 30.1 Å². The Kier molecular flexibility index (Phi) is 7.14. The highest BCUT2D eigenvalue weighted by atomic mass is 16.6. The maximum atomic E-state index is 12.8. The van der Waals surface area contributed by atoms with Crippen molar-refractivity contribution >= 4 is 6.09 Å². The number of amides is 1. The van der Waals surface area contributed by atoms with E-state index in [2.05, 4.69) is 43.3 Å². The van der Waals surface area contributed by atoms with Crippen molar-refractivity contribution in [3.05, 3.63) is 59.7 Å². The number of fused-ring (bicyclic) bond motifs is 4. The average molecular weight is 508 g/mol. The van der Waals surface area contributed by atoms with Crippen molar-refractivity contribution in [1.29, 1.82) is 0 Å². The van der Waals surface area contributed by atoms with Crippen LogP contribution in [0, 0.1) is 11.8 Å². The minimum atomic E-state index is -0.503. The van der Waals surface area contributed by atoms with Crippen molar-refractivity contribution < 1.29 is 23.7 Å². The third-order valence-corrected chi connectivity index (χ3v) is 8.05. The van der Waals surface area contributed by atoms with E-state index in [9.17, 15) is 4.79 Å². The van der Waals surface area contributed by atoms with Crippen LogP contribution in [0.2, 0.25) is 0 Å². The topological polar surface area (TPSA) is 57.2 Å². The number of carbonyl (C=O) groups is 1. The number of hydrogen-bond acceptors (Lipinski definition) is 5. The Bertz CT molecular complexity index is 1100. The standard InChI is InChI=1S/C31H41NO5/c1-6-34-26-14-10-13-23-27-24(31(5,36-28(23)26)17-15-21-11-8-7-9-12-21)19-22-20-32(18-16-25(22)35-27)29(33)37-30(2,3)4/h7-14,22,24-25,27H,6,15-20H2,1-5H3/t22-,24+,25+,27-,31-/m1/s1. The van der Waals surface area contributed by atoms with Gasteiger partial charge in [-0.3, -0.25) is 0 Å². The van der Waals surface area contributed by atoms with Crippen LogP contribution in [0.15, 0.2) is 48.5 Å². The molecule has 2 aromatic rings. The number of carbonyl (C=O) groups excluding carboxylic acids is 1. The molecule has 2 fully saturated rings. The SMILES string of the molecule is CCOc1cccc2c1O[C@](C)(CCc1ccccc1)[C@H]1C[C@@H]3CN(C(=O)OC(C)(C)C)CC[C@@H]3O[C@H]21. The summed E-state index contributed by atoms with van der Waals surface area (Å²) < 4.78 is 25.5. The van der Waals surface area contributed by atoms with Crippen LogP contribution in [0.5, 0.6) is 11.5 Å². The summed E-state index contributed by atoms with van der Waals surface area (Å²) >= 11 is 0. The van der Waals surface area contributed by atoms with E-state index < -0.39 is 11.2 Å². The molecule has 200 valence electrons. The molecule has 3 heterocycles. The van der Waals surface area contributed by atoms with Crippen LogP contribution < -0.4 is 9.47 Å². The summed E-state index contributed by atoms with van der Waals surface area (Å²) in [6, 6.07) is 16.7. The average Bonchev–Trinajstić information content (AvgIpc) is 2.87. The largest absolute Gasteiger partial charge is 0.490 e. The number of benzene rings is 2. The van der Waals surface area contributed by atoms with Gasteiger partial charge in [-0.1, -0.05) is 42.5 Å². The molecule has 0 N–H and O–H groups in total. The first-order valence-electron chi connectivity index (χ1n) is 13.8. The predicted molar refractivity (Wildman–Crippen MR) is 143 cm³/mol. The van der Waals surface area contributed by atoms with E-state index >= 15 is 0 Å². The van der Waals surface area contributed by atoms with Gasteiger partial charge in [-0.15, -0.1) is 0 Å². The molecule has 37 heavy (non-hydrogen) atoms. The molecule has 3 aliphatic heterocycles. The smallest absolute Gasteiger partial charge is 0.410 e. The maximum Gasteiger partial charge on any atom is 0.410 e. The van der Waals surface area contributed by atoms with Gasteiger partial charge in [0, 0.05) is 30.5 Å². The highest BCUT2D eigenvalue weighted by Gasteiger charge is 2.54. The molecule has 6 heteroatoms. The van der Waals surface area contributed by atoms with Gasteiger partial charge in [0.15, 0.2) is 11.5 Å². The molecule has 1 amide bonds. The van der Waals surface area contributed by atoms with E-state index in [0.717, 1.165) is 42.7 Å². The number of piperidine rings is 1. The van der Waals surface area contributed by atoms with Gasteiger partial charge in [-0.2, -0.15) is 0 Å². The highest BCUT2D eigenvalue weighted by molar-refractivity contribution is 5.68. The molecule has 3 aliphatic rings. The Morgan fingerprint density at radius 3 is 2.65 bits per heavy atom. The third kappa shape index (κ3) is 5.45. The van der Waals surface area contributed by atoms with Crippen LogP contribution in [0.4, 0.5) is 4.79 Å². The second kappa shape index (κ2) is 10.2. The van der Waals surface area contributed by atoms with Crippen molar-refractivity contribution in [3.63, 3.8) is 0 Å². The molecule has 5 rings (SSSR count). The van der Waals surface area contributed by atoms with Crippen LogP contribution in [0.3, 0.4) is 0 Å². The fraction of sp³-hybridized carbons (Fsp3) is 0.581. The molecular weight excluding hydrogens is 466 g/mol. The number of hydrogen-bond donors (Lipinski definition) is 0. The van der Waals surface area contributed by atoms with Crippen molar-refractivity contribution in [2.24, 2.45) is 11.8 Å². The Balaban J connectivity index is 1.42. The molecule has 0 aromatic heterocycles. The predicted octanol–water partition coefficient (Wildman–Crippen LogP) is 6.57. The monoisotopic (exact) mass is 507 g/mol. The summed E-state index contributed by atoms with van der Waals surface area (Å²) in [6.07, 6.45) is 3.37. The van der Waals surface area contributed by atoms with Crippen LogP contribution in [0.25, 0.3) is 0 Å². The highest BCUT2D eigenvalue weighted by Crippen LogP contribution is 2.56. The fourth-order valence-corrected chi connectivity index (χ4v) is 6.22. The van der Waals surface area contributed by atoms with Gasteiger partial charge >= 0.3 is 6.09 Å². The maximum absolute atomic E-state index is 12.8. The molecule has 0 unspecified atom stereocenters. The number of ether oxygens (including phenoxy) is 4. The van der Waals surface area contributed by atoms with Crippen LogP contribution in [0.1, 0.15) is 71.1 Å². The lowest BCUT2D eigenvalue weighted by molar-refractivity contribution is -0.191. The molecule has 6 nitrogen and oxygen atoms in total. The van der Waals surface area contributed by atoms with Crippen molar-refractivity contribution in [2.45, 2.75) is 83.7 Å². The zero-order valence-electron chi connectivity index (χ0n) is 22.9. The first-order valence-corrected chi connectivity index (χ1v) is 13.8. The lowest BCUT2D eigenvalue weighted by Crippen LogP contribution is -2.57. The fourth-order valence-electron chi connectivity index (χ4n) is 6.22. The van der Waals surface area contributed by atoms with E-state index in [1.165, 1.54) is 5.56 Å². The number of para-hydroxylation sites is 1. The Morgan fingerprint density at radius 1 is 1.14 bits per heavy atom. The van der Waals surface area contributed by atoms with Crippen molar-refractivity contribution in [3.8, 4) is 11.5 Å². The van der Waals surface area contributed by atoms with Gasteiger partial charge in [-0.05, 0) is 71.9 Å². The second-order valence-corrected chi connectivity index (χ2v) is 11.9. The van der Waals surface area contributed by atoms with Gasteiger partial charge in [0.1, 0.15) is 11.2 Å². The summed E-state index contributed by atoms with van der Waals surface area (Å²) in [7, 11) is 0.